The minimum absolute atomic E-state index is 0.113. The molecule has 0 saturated carbocycles. The average molecular weight is 332 g/mol. The third-order valence-electron chi connectivity index (χ3n) is 2.78. The number of carbonyl (C=O) groups excluding carboxylic acids is 2. The molecule has 0 aliphatic carbocycles. The molecule has 0 radical (unpaired) electrons. The number of aromatic nitrogens is 1. The van der Waals surface area contributed by atoms with Crippen LogP contribution in [-0.2, 0) is 14.4 Å². The number of nitriles is 1. The van der Waals surface area contributed by atoms with Crippen molar-refractivity contribution < 1.29 is 24.1 Å². The van der Waals surface area contributed by atoms with Crippen LogP contribution in [0.3, 0.4) is 0 Å². The summed E-state index contributed by atoms with van der Waals surface area (Å²) in [7, 11) is 0. The molecule has 2 aromatic rings. The number of hydrogen-bond donors (Lipinski definition) is 0. The molecule has 0 aliphatic rings. The predicted molar refractivity (Wildman–Crippen MR) is 80.7 cm³/mol. The first-order valence-electron chi connectivity index (χ1n) is 6.56. The molecule has 0 saturated heterocycles. The Morgan fingerprint density at radius 1 is 1.48 bits per heavy atom. The number of thiazole rings is 1. The van der Waals surface area contributed by atoms with Crippen LogP contribution < -0.4 is 4.89 Å². The van der Waals surface area contributed by atoms with E-state index < -0.39 is 5.97 Å². The number of carbonyl (C=O) groups is 2. The molecule has 118 valence electrons. The van der Waals surface area contributed by atoms with E-state index in [0.29, 0.717) is 21.1 Å². The summed E-state index contributed by atoms with van der Waals surface area (Å²) in [5.41, 5.74) is 1.38. The molecule has 0 spiro atoms. The highest BCUT2D eigenvalue weighted by molar-refractivity contribution is 7.17. The molecule has 2 rings (SSSR count). The van der Waals surface area contributed by atoms with E-state index in [9.17, 15) is 9.59 Å². The molecule has 23 heavy (non-hydrogen) atoms. The molecule has 1 aromatic heterocycles. The van der Waals surface area contributed by atoms with Crippen LogP contribution in [0.2, 0.25) is 0 Å². The molecule has 0 amide bonds. The molecule has 1 aromatic carbocycles. The maximum absolute atomic E-state index is 11.8. The summed E-state index contributed by atoms with van der Waals surface area (Å²) >= 11 is 1.18. The fourth-order valence-corrected chi connectivity index (χ4v) is 2.76. The number of esters is 1. The highest BCUT2D eigenvalue weighted by Crippen LogP contribution is 2.31. The van der Waals surface area contributed by atoms with Gasteiger partial charge in [0.05, 0.1) is 12.3 Å². The Kier molecular flexibility index (Phi) is 5.28. The summed E-state index contributed by atoms with van der Waals surface area (Å²) in [6.45, 7) is 3.85. The van der Waals surface area contributed by atoms with Gasteiger partial charge in [0, 0.05) is 5.56 Å². The van der Waals surface area contributed by atoms with Gasteiger partial charge in [-0.1, -0.05) is 0 Å². The Morgan fingerprint density at radius 2 is 2.26 bits per heavy atom. The van der Waals surface area contributed by atoms with Crippen molar-refractivity contribution in [2.75, 3.05) is 6.61 Å². The average Bonchev–Trinajstić information content (AvgIpc) is 2.95. The Balaban J connectivity index is 2.36. The summed E-state index contributed by atoms with van der Waals surface area (Å²) < 4.78 is 4.98. The van der Waals surface area contributed by atoms with Crippen LogP contribution in [0.4, 0.5) is 0 Å². The van der Waals surface area contributed by atoms with E-state index in [4.69, 9.17) is 10.00 Å². The first kappa shape index (κ1) is 16.5. The fraction of sp³-hybridized carbons (Fsp3) is 0.200. The summed E-state index contributed by atoms with van der Waals surface area (Å²) in [6, 6.07) is 6.62. The Bertz CT molecular complexity index is 779. The van der Waals surface area contributed by atoms with Gasteiger partial charge in [0.25, 0.3) is 0 Å². The molecule has 0 unspecified atom stereocenters. The lowest BCUT2D eigenvalue weighted by Crippen LogP contribution is -2.03. The van der Waals surface area contributed by atoms with E-state index in [-0.39, 0.29) is 24.4 Å². The lowest BCUT2D eigenvalue weighted by atomic mass is 10.1. The third-order valence-corrected chi connectivity index (χ3v) is 3.97. The molecular weight excluding hydrogens is 320 g/mol. The monoisotopic (exact) mass is 332 g/mol. The van der Waals surface area contributed by atoms with Gasteiger partial charge in [0.1, 0.15) is 21.5 Å². The normalized spacial score (nSPS) is 9.78. The van der Waals surface area contributed by atoms with Crippen LogP contribution in [0, 0.1) is 18.3 Å². The van der Waals surface area contributed by atoms with Gasteiger partial charge in [0.2, 0.25) is 0 Å². The highest BCUT2D eigenvalue weighted by atomic mass is 32.1. The zero-order valence-corrected chi connectivity index (χ0v) is 13.2. The fourth-order valence-electron chi connectivity index (χ4n) is 1.80. The van der Waals surface area contributed by atoms with Crippen LogP contribution in [0.25, 0.3) is 10.6 Å². The van der Waals surface area contributed by atoms with Crippen LogP contribution in [0.15, 0.2) is 18.2 Å². The van der Waals surface area contributed by atoms with E-state index in [1.165, 1.54) is 23.5 Å². The van der Waals surface area contributed by atoms with Crippen LogP contribution >= 0.6 is 11.3 Å². The van der Waals surface area contributed by atoms with Crippen molar-refractivity contribution in [1.82, 2.24) is 4.98 Å². The second kappa shape index (κ2) is 7.38. The SMILES string of the molecule is CCOC(=O)c1sc(-c2ccc(OOC=O)c(C#N)c2)nc1C. The molecular formula is C15H12N2O5S. The molecule has 0 bridgehead atoms. The molecule has 0 atom stereocenters. The van der Waals surface area contributed by atoms with Crippen molar-refractivity contribution in [3.63, 3.8) is 0 Å². The van der Waals surface area contributed by atoms with Gasteiger partial charge in [-0.15, -0.1) is 11.3 Å². The van der Waals surface area contributed by atoms with Crippen molar-refractivity contribution in [3.05, 3.63) is 34.3 Å². The highest BCUT2D eigenvalue weighted by Gasteiger charge is 2.18. The van der Waals surface area contributed by atoms with E-state index in [1.54, 1.807) is 19.9 Å². The zero-order chi connectivity index (χ0) is 16.8. The first-order valence-corrected chi connectivity index (χ1v) is 7.38. The summed E-state index contributed by atoms with van der Waals surface area (Å²) in [5.74, 6) is -0.309. The Labute approximate surface area is 136 Å². The lowest BCUT2D eigenvalue weighted by Gasteiger charge is -2.03. The molecule has 0 N–H and O–H groups in total. The number of hydrogen-bond acceptors (Lipinski definition) is 8. The molecule has 1 heterocycles. The van der Waals surface area contributed by atoms with Crippen molar-refractivity contribution in [2.24, 2.45) is 0 Å². The lowest BCUT2D eigenvalue weighted by molar-refractivity contribution is -0.196. The van der Waals surface area contributed by atoms with E-state index in [0.717, 1.165) is 0 Å². The molecule has 7 nitrogen and oxygen atoms in total. The van der Waals surface area contributed by atoms with Crippen molar-refractivity contribution in [3.8, 4) is 22.4 Å². The molecule has 0 fully saturated rings. The summed E-state index contributed by atoms with van der Waals surface area (Å²) in [6.07, 6.45) is 0. The van der Waals surface area contributed by atoms with Gasteiger partial charge >= 0.3 is 12.4 Å². The Morgan fingerprint density at radius 3 is 2.91 bits per heavy atom. The third kappa shape index (κ3) is 3.64. The quantitative estimate of drug-likeness (QED) is 0.347. The van der Waals surface area contributed by atoms with Crippen LogP contribution in [0.5, 0.6) is 5.75 Å². The smallest absolute Gasteiger partial charge is 0.350 e. The number of ether oxygens (including phenoxy) is 1. The van der Waals surface area contributed by atoms with Crippen LogP contribution in [-0.4, -0.2) is 24.0 Å². The minimum atomic E-state index is -0.423. The second-order valence-corrected chi connectivity index (χ2v) is 5.25. The number of aryl methyl sites for hydroxylation is 1. The van der Waals surface area contributed by atoms with E-state index >= 15 is 0 Å². The maximum Gasteiger partial charge on any atom is 0.350 e. The van der Waals surface area contributed by atoms with E-state index in [1.807, 2.05) is 6.07 Å². The minimum Gasteiger partial charge on any atom is -0.462 e. The summed E-state index contributed by atoms with van der Waals surface area (Å²) in [4.78, 5) is 35.6. The second-order valence-electron chi connectivity index (χ2n) is 4.25. The first-order chi connectivity index (χ1) is 11.1. The number of rotatable bonds is 6. The van der Waals surface area contributed by atoms with Crippen molar-refractivity contribution >= 4 is 23.8 Å². The number of nitrogens with zero attached hydrogens (tertiary/aromatic N) is 2. The van der Waals surface area contributed by atoms with Crippen molar-refractivity contribution in [2.45, 2.75) is 13.8 Å². The Hall–Kier alpha value is -2.92. The maximum atomic E-state index is 11.8. The van der Waals surface area contributed by atoms with Gasteiger partial charge in [-0.05, 0) is 32.0 Å². The predicted octanol–water partition coefficient (Wildman–Crippen LogP) is 2.63. The standard InChI is InChI=1S/C15H12N2O5S/c1-3-20-15(19)13-9(2)17-14(23-13)10-4-5-12(22-21-8-18)11(6-10)7-16/h4-6,8H,3H2,1-2H3. The summed E-state index contributed by atoms with van der Waals surface area (Å²) in [5, 5.41) is 9.72. The van der Waals surface area contributed by atoms with Crippen LogP contribution in [0.1, 0.15) is 27.9 Å². The van der Waals surface area contributed by atoms with Crippen molar-refractivity contribution in [1.29, 1.82) is 5.26 Å². The largest absolute Gasteiger partial charge is 0.462 e. The zero-order valence-electron chi connectivity index (χ0n) is 12.4. The molecule has 8 heteroatoms. The van der Waals surface area contributed by atoms with Gasteiger partial charge in [0.15, 0.2) is 5.75 Å². The van der Waals surface area contributed by atoms with Gasteiger partial charge in [-0.3, -0.25) is 14.6 Å². The number of benzene rings is 1. The topological polar surface area (TPSA) is 98.5 Å². The van der Waals surface area contributed by atoms with Gasteiger partial charge in [-0.2, -0.15) is 5.26 Å². The molecule has 0 aliphatic heterocycles. The van der Waals surface area contributed by atoms with Gasteiger partial charge in [-0.25, -0.2) is 9.78 Å². The van der Waals surface area contributed by atoms with E-state index in [2.05, 4.69) is 14.8 Å². The van der Waals surface area contributed by atoms with Gasteiger partial charge < -0.3 is 4.74 Å².